The molecule has 0 saturated heterocycles. The third-order valence-corrected chi connectivity index (χ3v) is 1.81. The number of rotatable bonds is 2. The van der Waals surface area contributed by atoms with Crippen LogP contribution in [0.5, 0.6) is 0 Å². The van der Waals surface area contributed by atoms with Crippen molar-refractivity contribution in [2.45, 2.75) is 4.90 Å². The Hall–Kier alpha value is -1.26. The number of hydrogen-bond acceptors (Lipinski definition) is 2. The zero-order valence-corrected chi connectivity index (χ0v) is 7.84. The minimum Gasteiger partial charge on any atom is -0.412 e. The van der Waals surface area contributed by atoms with Crippen LogP contribution in [-0.4, -0.2) is 11.4 Å². The van der Waals surface area contributed by atoms with Crippen LogP contribution in [0.2, 0.25) is 0 Å². The van der Waals surface area contributed by atoms with Crippen molar-refractivity contribution in [3.63, 3.8) is 0 Å². The highest BCUT2D eigenvalue weighted by atomic mass is 32.1. The summed E-state index contributed by atoms with van der Waals surface area (Å²) in [7, 11) is 0. The van der Waals surface area contributed by atoms with Crippen LogP contribution >= 0.6 is 12.6 Å². The molecule has 0 aromatic heterocycles. The predicted octanol–water partition coefficient (Wildman–Crippen LogP) is 0.895. The Morgan fingerprint density at radius 2 is 1.85 bits per heavy atom. The first kappa shape index (κ1) is 11.7. The number of carbonyl (C=O) groups is 1. The minimum atomic E-state index is -0.498. The van der Waals surface area contributed by atoms with Crippen molar-refractivity contribution in [1.29, 1.82) is 0 Å². The lowest BCUT2D eigenvalue weighted by Gasteiger charge is -2.00. The zero-order valence-electron chi connectivity index (χ0n) is 6.95. The summed E-state index contributed by atoms with van der Waals surface area (Å²) in [4.78, 5) is 11.5. The SMILES string of the molecule is C=C(C(N)=O)c1ccc(S)cc1.O.[HH]. The smallest absolute Gasteiger partial charge is 0.248 e. The summed E-state index contributed by atoms with van der Waals surface area (Å²) in [5, 5.41) is 0. The van der Waals surface area contributed by atoms with Gasteiger partial charge >= 0.3 is 0 Å². The highest BCUT2D eigenvalue weighted by Crippen LogP contribution is 2.14. The molecule has 1 amide bonds. The summed E-state index contributed by atoms with van der Waals surface area (Å²) in [6.45, 7) is 3.55. The molecule has 72 valence electrons. The number of amides is 1. The second kappa shape index (κ2) is 4.69. The average Bonchev–Trinajstić information content (AvgIpc) is 2.04. The fourth-order valence-corrected chi connectivity index (χ4v) is 0.954. The van der Waals surface area contributed by atoms with Gasteiger partial charge in [-0.2, -0.15) is 0 Å². The van der Waals surface area contributed by atoms with E-state index in [0.29, 0.717) is 5.57 Å². The first-order valence-corrected chi connectivity index (χ1v) is 3.84. The van der Waals surface area contributed by atoms with Gasteiger partial charge in [0, 0.05) is 11.9 Å². The van der Waals surface area contributed by atoms with Crippen molar-refractivity contribution in [2.24, 2.45) is 5.73 Å². The number of benzene rings is 1. The first-order chi connectivity index (χ1) is 5.61. The van der Waals surface area contributed by atoms with Crippen LogP contribution in [0.15, 0.2) is 35.7 Å². The van der Waals surface area contributed by atoms with Gasteiger partial charge in [-0.05, 0) is 17.7 Å². The number of thiol groups is 1. The van der Waals surface area contributed by atoms with Gasteiger partial charge in [0.15, 0.2) is 0 Å². The lowest BCUT2D eigenvalue weighted by Crippen LogP contribution is -2.11. The molecule has 0 saturated carbocycles. The molecule has 0 atom stereocenters. The quantitative estimate of drug-likeness (QED) is 0.539. The zero-order chi connectivity index (χ0) is 9.14. The van der Waals surface area contributed by atoms with Crippen LogP contribution in [0, 0.1) is 0 Å². The molecule has 13 heavy (non-hydrogen) atoms. The number of carbonyl (C=O) groups excluding carboxylic acids is 1. The Morgan fingerprint density at radius 3 is 2.23 bits per heavy atom. The van der Waals surface area contributed by atoms with Crippen molar-refractivity contribution >= 4 is 24.1 Å². The van der Waals surface area contributed by atoms with Gasteiger partial charge in [-0.25, -0.2) is 0 Å². The van der Waals surface area contributed by atoms with E-state index in [1.54, 1.807) is 24.3 Å². The average molecular weight is 199 g/mol. The van der Waals surface area contributed by atoms with Crippen molar-refractivity contribution in [2.75, 3.05) is 0 Å². The van der Waals surface area contributed by atoms with Gasteiger partial charge in [-0.1, -0.05) is 18.7 Å². The number of hydrogen-bond donors (Lipinski definition) is 2. The standard InChI is InChI=1S/C9H9NOS.H2O.H2/c1-6(9(10)11)7-2-4-8(12)5-3-7;;/h2-5,12H,1H2,(H2,10,11);1H2;1H. The summed E-state index contributed by atoms with van der Waals surface area (Å²) < 4.78 is 0. The molecule has 4 heteroatoms. The minimum absolute atomic E-state index is 0. The molecule has 0 fully saturated rings. The van der Waals surface area contributed by atoms with Crippen molar-refractivity contribution in [3.8, 4) is 0 Å². The lowest BCUT2D eigenvalue weighted by molar-refractivity contribution is -0.112. The van der Waals surface area contributed by atoms with Gasteiger partial charge in [0.1, 0.15) is 0 Å². The molecule has 3 nitrogen and oxygen atoms in total. The maximum Gasteiger partial charge on any atom is 0.248 e. The number of nitrogens with two attached hydrogens (primary N) is 1. The van der Waals surface area contributed by atoms with Gasteiger partial charge in [-0.3, -0.25) is 4.79 Å². The number of primary amides is 1. The topological polar surface area (TPSA) is 74.6 Å². The Morgan fingerprint density at radius 1 is 1.38 bits per heavy atom. The fraction of sp³-hybridized carbons (Fsp3) is 0. The van der Waals surface area contributed by atoms with Crippen LogP contribution < -0.4 is 5.73 Å². The molecule has 0 heterocycles. The normalized spacial score (nSPS) is 8.69. The lowest BCUT2D eigenvalue weighted by atomic mass is 10.1. The van der Waals surface area contributed by atoms with E-state index in [2.05, 4.69) is 19.2 Å². The van der Waals surface area contributed by atoms with Crippen molar-refractivity contribution in [3.05, 3.63) is 36.4 Å². The van der Waals surface area contributed by atoms with E-state index in [1.807, 2.05) is 0 Å². The highest BCUT2D eigenvalue weighted by Gasteiger charge is 2.03. The third-order valence-electron chi connectivity index (χ3n) is 1.51. The second-order valence-electron chi connectivity index (χ2n) is 2.39. The van der Waals surface area contributed by atoms with Gasteiger partial charge in [0.25, 0.3) is 0 Å². The van der Waals surface area contributed by atoms with Crippen molar-refractivity contribution in [1.82, 2.24) is 0 Å². The summed E-state index contributed by atoms with van der Waals surface area (Å²) in [6.07, 6.45) is 0. The summed E-state index contributed by atoms with van der Waals surface area (Å²) in [6, 6.07) is 7.09. The van der Waals surface area contributed by atoms with E-state index >= 15 is 0 Å². The Kier molecular flexibility index (Phi) is 4.23. The van der Waals surface area contributed by atoms with Crippen LogP contribution in [-0.2, 0) is 4.79 Å². The van der Waals surface area contributed by atoms with Crippen LogP contribution in [0.25, 0.3) is 5.57 Å². The molecule has 1 rings (SSSR count). The summed E-state index contributed by atoms with van der Waals surface area (Å²) in [5.74, 6) is -0.498. The summed E-state index contributed by atoms with van der Waals surface area (Å²) in [5.41, 5.74) is 6.11. The van der Waals surface area contributed by atoms with Crippen molar-refractivity contribution < 1.29 is 11.7 Å². The molecule has 0 bridgehead atoms. The molecule has 0 spiro atoms. The third kappa shape index (κ3) is 2.93. The molecule has 1 aromatic carbocycles. The predicted molar refractivity (Wildman–Crippen MR) is 57.7 cm³/mol. The Balaban J connectivity index is 0. The highest BCUT2D eigenvalue weighted by molar-refractivity contribution is 7.80. The molecule has 4 N–H and O–H groups in total. The van der Waals surface area contributed by atoms with Gasteiger partial charge in [-0.15, -0.1) is 12.6 Å². The van der Waals surface area contributed by atoms with E-state index in [0.717, 1.165) is 10.5 Å². The van der Waals surface area contributed by atoms with E-state index in [-0.39, 0.29) is 6.90 Å². The van der Waals surface area contributed by atoms with Crippen LogP contribution in [0.1, 0.15) is 6.99 Å². The van der Waals surface area contributed by atoms with Gasteiger partial charge < -0.3 is 11.2 Å². The second-order valence-corrected chi connectivity index (χ2v) is 2.91. The molecule has 0 unspecified atom stereocenters. The maximum atomic E-state index is 10.7. The molecule has 0 aliphatic heterocycles. The molecular weight excluding hydrogens is 186 g/mol. The molecular formula is C9H13NO2S. The molecule has 0 aliphatic carbocycles. The molecule has 1 aromatic rings. The molecule has 0 aliphatic rings. The Labute approximate surface area is 83.5 Å². The van der Waals surface area contributed by atoms with Gasteiger partial charge in [0.2, 0.25) is 5.91 Å². The monoisotopic (exact) mass is 199 g/mol. The summed E-state index contributed by atoms with van der Waals surface area (Å²) >= 11 is 4.11. The van der Waals surface area contributed by atoms with E-state index in [9.17, 15) is 4.79 Å². The van der Waals surface area contributed by atoms with Gasteiger partial charge in [0.05, 0.1) is 0 Å². The maximum absolute atomic E-state index is 10.7. The Bertz CT molecular complexity index is 324. The van der Waals surface area contributed by atoms with Crippen LogP contribution in [0.4, 0.5) is 0 Å². The van der Waals surface area contributed by atoms with E-state index in [4.69, 9.17) is 5.73 Å². The van der Waals surface area contributed by atoms with E-state index < -0.39 is 5.91 Å². The largest absolute Gasteiger partial charge is 0.412 e. The fourth-order valence-electron chi connectivity index (χ4n) is 0.805. The molecule has 0 radical (unpaired) electrons. The first-order valence-electron chi connectivity index (χ1n) is 3.39. The van der Waals surface area contributed by atoms with E-state index in [1.165, 1.54) is 0 Å². The van der Waals surface area contributed by atoms with Crippen LogP contribution in [0.3, 0.4) is 0 Å².